The van der Waals surface area contributed by atoms with Crippen LogP contribution in [-0.4, -0.2) is 29.3 Å². The summed E-state index contributed by atoms with van der Waals surface area (Å²) in [7, 11) is 0. The second-order valence-electron chi connectivity index (χ2n) is 6.54. The van der Waals surface area contributed by atoms with Gasteiger partial charge in [-0.2, -0.15) is 4.98 Å². The quantitative estimate of drug-likeness (QED) is 0.777. The van der Waals surface area contributed by atoms with Crippen molar-refractivity contribution in [2.24, 2.45) is 0 Å². The average Bonchev–Trinajstić information content (AvgIpc) is 3.13. The number of hydrogen-bond donors (Lipinski definition) is 1. The number of anilines is 2. The Hall–Kier alpha value is -2.82. The van der Waals surface area contributed by atoms with Gasteiger partial charge in [0.05, 0.1) is 0 Å². The number of aromatic nitrogens is 2. The second kappa shape index (κ2) is 6.97. The molecule has 4 rings (SSSR count). The van der Waals surface area contributed by atoms with E-state index in [0.29, 0.717) is 17.9 Å². The normalized spacial score (nSPS) is 15.3. The molecular weight excluding hydrogens is 312 g/mol. The summed E-state index contributed by atoms with van der Waals surface area (Å²) in [4.78, 5) is 6.75. The number of nitrogens with zero attached hydrogens (tertiary/aromatic N) is 3. The Morgan fingerprint density at radius 1 is 1.04 bits per heavy atom. The van der Waals surface area contributed by atoms with Crippen LogP contribution in [0.5, 0.6) is 0 Å². The van der Waals surface area contributed by atoms with Crippen molar-refractivity contribution < 1.29 is 4.52 Å². The summed E-state index contributed by atoms with van der Waals surface area (Å²) in [5.41, 5.74) is 3.43. The standard InChI is InChI=1S/C20H22N4O/c1-15-6-5-9-18(14-15)21-17-10-12-24(13-11-17)20-22-19(25-23-20)16-7-3-2-4-8-16/h2-9,14,17,21H,10-13H2,1H3. The Bertz CT molecular complexity index is 822. The number of nitrogens with one attached hydrogen (secondary N) is 1. The highest BCUT2D eigenvalue weighted by Crippen LogP contribution is 2.23. The molecule has 0 atom stereocenters. The van der Waals surface area contributed by atoms with Gasteiger partial charge in [0.1, 0.15) is 0 Å². The number of aryl methyl sites for hydroxylation is 1. The SMILES string of the molecule is Cc1cccc(NC2CCN(c3noc(-c4ccccc4)n3)CC2)c1. The molecule has 0 bridgehead atoms. The zero-order valence-electron chi connectivity index (χ0n) is 14.4. The monoisotopic (exact) mass is 334 g/mol. The minimum Gasteiger partial charge on any atom is -0.382 e. The summed E-state index contributed by atoms with van der Waals surface area (Å²) in [5.74, 6) is 1.27. The summed E-state index contributed by atoms with van der Waals surface area (Å²) in [5, 5.41) is 7.79. The molecule has 1 aromatic heterocycles. The molecule has 2 aromatic carbocycles. The molecule has 1 aliphatic heterocycles. The highest BCUT2D eigenvalue weighted by molar-refractivity contribution is 5.54. The molecule has 3 aromatic rings. The van der Waals surface area contributed by atoms with Crippen molar-refractivity contribution in [3.8, 4) is 11.5 Å². The van der Waals surface area contributed by atoms with E-state index in [9.17, 15) is 0 Å². The predicted molar refractivity (Wildman–Crippen MR) is 99.8 cm³/mol. The van der Waals surface area contributed by atoms with Gasteiger partial charge in [-0.1, -0.05) is 30.3 Å². The van der Waals surface area contributed by atoms with Gasteiger partial charge >= 0.3 is 0 Å². The lowest BCUT2D eigenvalue weighted by Gasteiger charge is -2.31. The molecule has 2 heterocycles. The van der Waals surface area contributed by atoms with Crippen molar-refractivity contribution in [2.75, 3.05) is 23.3 Å². The van der Waals surface area contributed by atoms with E-state index in [0.717, 1.165) is 31.5 Å². The highest BCUT2D eigenvalue weighted by atomic mass is 16.5. The van der Waals surface area contributed by atoms with Gasteiger partial charge < -0.3 is 14.7 Å². The summed E-state index contributed by atoms with van der Waals surface area (Å²) >= 11 is 0. The van der Waals surface area contributed by atoms with Crippen molar-refractivity contribution in [3.63, 3.8) is 0 Å². The molecule has 1 N–H and O–H groups in total. The minimum atomic E-state index is 0.485. The minimum absolute atomic E-state index is 0.485. The number of rotatable bonds is 4. The Kier molecular flexibility index (Phi) is 4.37. The number of hydrogen-bond acceptors (Lipinski definition) is 5. The Balaban J connectivity index is 1.37. The van der Waals surface area contributed by atoms with Gasteiger partial charge in [-0.3, -0.25) is 0 Å². The van der Waals surface area contributed by atoms with E-state index in [1.807, 2.05) is 30.3 Å². The van der Waals surface area contributed by atoms with Crippen molar-refractivity contribution in [1.29, 1.82) is 0 Å². The highest BCUT2D eigenvalue weighted by Gasteiger charge is 2.22. The van der Waals surface area contributed by atoms with Crippen LogP contribution in [-0.2, 0) is 0 Å². The number of benzene rings is 2. The fraction of sp³-hybridized carbons (Fsp3) is 0.300. The van der Waals surface area contributed by atoms with Crippen LogP contribution in [0.15, 0.2) is 59.1 Å². The first-order valence-electron chi connectivity index (χ1n) is 8.75. The lowest BCUT2D eigenvalue weighted by molar-refractivity contribution is 0.424. The smallest absolute Gasteiger partial charge is 0.266 e. The van der Waals surface area contributed by atoms with Gasteiger partial charge in [0.25, 0.3) is 11.8 Å². The van der Waals surface area contributed by atoms with Crippen LogP contribution in [0, 0.1) is 6.92 Å². The molecule has 5 heteroatoms. The van der Waals surface area contributed by atoms with Gasteiger partial charge in [-0.05, 0) is 54.8 Å². The van der Waals surface area contributed by atoms with Crippen LogP contribution in [0.25, 0.3) is 11.5 Å². The van der Waals surface area contributed by atoms with Gasteiger partial charge in [-0.15, -0.1) is 0 Å². The fourth-order valence-corrected chi connectivity index (χ4v) is 3.24. The molecule has 1 fully saturated rings. The third-order valence-electron chi connectivity index (χ3n) is 4.60. The molecule has 0 unspecified atom stereocenters. The van der Waals surface area contributed by atoms with E-state index >= 15 is 0 Å². The van der Waals surface area contributed by atoms with E-state index in [1.54, 1.807) is 0 Å². The van der Waals surface area contributed by atoms with Gasteiger partial charge in [0.15, 0.2) is 0 Å². The van der Waals surface area contributed by atoms with Gasteiger partial charge in [-0.25, -0.2) is 0 Å². The molecule has 1 saturated heterocycles. The van der Waals surface area contributed by atoms with Crippen molar-refractivity contribution in [2.45, 2.75) is 25.8 Å². The van der Waals surface area contributed by atoms with Crippen LogP contribution in [0.4, 0.5) is 11.6 Å². The van der Waals surface area contributed by atoms with Crippen LogP contribution in [0.2, 0.25) is 0 Å². The van der Waals surface area contributed by atoms with E-state index in [-0.39, 0.29) is 0 Å². The molecule has 0 spiro atoms. The van der Waals surface area contributed by atoms with Crippen LogP contribution < -0.4 is 10.2 Å². The third-order valence-corrected chi connectivity index (χ3v) is 4.60. The maximum absolute atomic E-state index is 5.42. The fourth-order valence-electron chi connectivity index (χ4n) is 3.24. The first-order valence-corrected chi connectivity index (χ1v) is 8.75. The Morgan fingerprint density at radius 3 is 2.60 bits per heavy atom. The first kappa shape index (κ1) is 15.7. The molecule has 25 heavy (non-hydrogen) atoms. The lowest BCUT2D eigenvalue weighted by atomic mass is 10.0. The molecule has 0 radical (unpaired) electrons. The second-order valence-corrected chi connectivity index (χ2v) is 6.54. The van der Waals surface area contributed by atoms with Gasteiger partial charge in [0, 0.05) is 30.4 Å². The maximum atomic E-state index is 5.42. The maximum Gasteiger partial charge on any atom is 0.266 e. The molecule has 1 aliphatic rings. The number of piperidine rings is 1. The molecule has 0 aliphatic carbocycles. The molecule has 128 valence electrons. The van der Waals surface area contributed by atoms with Crippen LogP contribution >= 0.6 is 0 Å². The summed E-state index contributed by atoms with van der Waals surface area (Å²) in [6.45, 7) is 3.98. The summed E-state index contributed by atoms with van der Waals surface area (Å²) in [6, 6.07) is 18.9. The van der Waals surface area contributed by atoms with E-state index < -0.39 is 0 Å². The predicted octanol–water partition coefficient (Wildman–Crippen LogP) is 4.13. The first-order chi connectivity index (χ1) is 12.3. The van der Waals surface area contributed by atoms with Crippen molar-refractivity contribution in [1.82, 2.24) is 10.1 Å². The van der Waals surface area contributed by atoms with E-state index in [1.165, 1.54) is 11.3 Å². The average molecular weight is 334 g/mol. The molecular formula is C20H22N4O. The van der Waals surface area contributed by atoms with Crippen molar-refractivity contribution >= 4 is 11.6 Å². The largest absolute Gasteiger partial charge is 0.382 e. The Labute approximate surface area is 147 Å². The summed E-state index contributed by atoms with van der Waals surface area (Å²) < 4.78 is 5.42. The van der Waals surface area contributed by atoms with E-state index in [2.05, 4.69) is 51.5 Å². The zero-order valence-corrected chi connectivity index (χ0v) is 14.4. The molecule has 0 amide bonds. The van der Waals surface area contributed by atoms with Crippen LogP contribution in [0.1, 0.15) is 18.4 Å². The molecule has 0 saturated carbocycles. The van der Waals surface area contributed by atoms with E-state index in [4.69, 9.17) is 4.52 Å². The Morgan fingerprint density at radius 2 is 1.84 bits per heavy atom. The van der Waals surface area contributed by atoms with Crippen molar-refractivity contribution in [3.05, 3.63) is 60.2 Å². The third kappa shape index (κ3) is 3.65. The molecule has 5 nitrogen and oxygen atoms in total. The van der Waals surface area contributed by atoms with Gasteiger partial charge in [0.2, 0.25) is 0 Å². The van der Waals surface area contributed by atoms with Crippen LogP contribution in [0.3, 0.4) is 0 Å². The topological polar surface area (TPSA) is 54.2 Å². The zero-order chi connectivity index (χ0) is 17.1. The summed E-state index contributed by atoms with van der Waals surface area (Å²) in [6.07, 6.45) is 2.12. The lowest BCUT2D eigenvalue weighted by Crippen LogP contribution is -2.39.